The van der Waals surface area contributed by atoms with Crippen LogP contribution in [-0.4, -0.2) is 12.0 Å². The van der Waals surface area contributed by atoms with E-state index >= 15 is 0 Å². The summed E-state index contributed by atoms with van der Waals surface area (Å²) in [5, 5.41) is 6.31. The number of rotatable bonds is 3. The molecule has 1 heterocycles. The molecule has 1 atom stereocenters. The number of hydrogen-bond donors (Lipinski definition) is 1. The molecule has 1 N–H and O–H groups in total. The predicted molar refractivity (Wildman–Crippen MR) is 68.9 cm³/mol. The average Bonchev–Trinajstić information content (AvgIpc) is 2.69. The van der Waals surface area contributed by atoms with Crippen molar-refractivity contribution >= 4 is 11.3 Å². The predicted octanol–water partition coefficient (Wildman–Crippen LogP) is 3.21. The van der Waals surface area contributed by atoms with Crippen LogP contribution >= 0.6 is 11.3 Å². The summed E-state index contributed by atoms with van der Waals surface area (Å²) in [5.41, 5.74) is 3.00. The molecule has 0 aliphatic carbocycles. The van der Waals surface area contributed by atoms with Gasteiger partial charge in [-0.3, -0.25) is 0 Å². The summed E-state index contributed by atoms with van der Waals surface area (Å²) in [7, 11) is 1.89. The van der Waals surface area contributed by atoms with Crippen LogP contribution < -0.4 is 5.32 Å². The molecule has 0 saturated carbocycles. The van der Waals surface area contributed by atoms with Gasteiger partial charge in [-0.1, -0.05) is 6.07 Å². The Morgan fingerprint density at radius 1 is 1.35 bits per heavy atom. The minimum atomic E-state index is -0.199. The van der Waals surface area contributed by atoms with Gasteiger partial charge in [0.05, 0.1) is 16.7 Å². The van der Waals surface area contributed by atoms with Crippen molar-refractivity contribution in [3.63, 3.8) is 0 Å². The lowest BCUT2D eigenvalue weighted by atomic mass is 9.99. The van der Waals surface area contributed by atoms with E-state index in [9.17, 15) is 4.39 Å². The maximum absolute atomic E-state index is 13.1. The topological polar surface area (TPSA) is 24.9 Å². The first-order chi connectivity index (χ1) is 8.11. The highest BCUT2D eigenvalue weighted by Crippen LogP contribution is 2.26. The Hall–Kier alpha value is -1.26. The lowest BCUT2D eigenvalue weighted by Crippen LogP contribution is -2.19. The zero-order valence-electron chi connectivity index (χ0n) is 10.1. The van der Waals surface area contributed by atoms with Gasteiger partial charge in [0.2, 0.25) is 0 Å². The lowest BCUT2D eigenvalue weighted by molar-refractivity contribution is 0.619. The second kappa shape index (κ2) is 4.94. The third kappa shape index (κ3) is 2.53. The zero-order valence-corrected chi connectivity index (χ0v) is 10.9. The average molecular weight is 250 g/mol. The van der Waals surface area contributed by atoms with Crippen LogP contribution in [0.15, 0.2) is 23.6 Å². The number of nitrogens with one attached hydrogen (secondary N) is 1. The first kappa shape index (κ1) is 12.2. The highest BCUT2D eigenvalue weighted by molar-refractivity contribution is 7.09. The van der Waals surface area contributed by atoms with Crippen molar-refractivity contribution in [2.24, 2.45) is 0 Å². The van der Waals surface area contributed by atoms with E-state index in [1.165, 1.54) is 6.07 Å². The van der Waals surface area contributed by atoms with Gasteiger partial charge in [0.1, 0.15) is 5.82 Å². The van der Waals surface area contributed by atoms with Gasteiger partial charge in [-0.25, -0.2) is 9.37 Å². The standard InChI is InChI=1S/C13H15FN2S/c1-8-6-10(14)4-5-11(8)13(15-3)12-7-17-9(2)16-12/h4-7,13,15H,1-3H3. The summed E-state index contributed by atoms with van der Waals surface area (Å²) >= 11 is 1.63. The van der Waals surface area contributed by atoms with Crippen LogP contribution in [0.1, 0.15) is 27.9 Å². The minimum absolute atomic E-state index is 0.0283. The molecule has 0 spiro atoms. The number of thiazole rings is 1. The fourth-order valence-electron chi connectivity index (χ4n) is 1.94. The maximum atomic E-state index is 13.1. The molecule has 0 aliphatic heterocycles. The van der Waals surface area contributed by atoms with E-state index < -0.39 is 0 Å². The van der Waals surface area contributed by atoms with Crippen LogP contribution in [0.5, 0.6) is 0 Å². The summed E-state index contributed by atoms with van der Waals surface area (Å²) < 4.78 is 13.1. The Labute approximate surface area is 105 Å². The fourth-order valence-corrected chi connectivity index (χ4v) is 2.58. The van der Waals surface area contributed by atoms with E-state index in [4.69, 9.17) is 0 Å². The van der Waals surface area contributed by atoms with Crippen molar-refractivity contribution in [1.82, 2.24) is 10.3 Å². The molecular weight excluding hydrogens is 235 g/mol. The zero-order chi connectivity index (χ0) is 12.4. The molecule has 2 nitrogen and oxygen atoms in total. The molecule has 17 heavy (non-hydrogen) atoms. The number of hydrogen-bond acceptors (Lipinski definition) is 3. The molecule has 1 unspecified atom stereocenters. The van der Waals surface area contributed by atoms with E-state index in [0.717, 1.165) is 21.8 Å². The molecule has 1 aromatic heterocycles. The molecule has 2 aromatic rings. The van der Waals surface area contributed by atoms with E-state index in [0.29, 0.717) is 0 Å². The van der Waals surface area contributed by atoms with Crippen LogP contribution in [0, 0.1) is 19.7 Å². The Morgan fingerprint density at radius 3 is 2.65 bits per heavy atom. The molecule has 0 aliphatic rings. The molecular formula is C13H15FN2S. The highest BCUT2D eigenvalue weighted by Gasteiger charge is 2.16. The SMILES string of the molecule is CNC(c1csc(C)n1)c1ccc(F)cc1C. The molecule has 4 heteroatoms. The highest BCUT2D eigenvalue weighted by atomic mass is 32.1. The Kier molecular flexibility index (Phi) is 3.54. The van der Waals surface area contributed by atoms with Crippen LogP contribution in [0.4, 0.5) is 4.39 Å². The maximum Gasteiger partial charge on any atom is 0.123 e. The Bertz CT molecular complexity index is 522. The van der Waals surface area contributed by atoms with Crippen molar-refractivity contribution in [1.29, 1.82) is 0 Å². The van der Waals surface area contributed by atoms with Crippen molar-refractivity contribution in [2.75, 3.05) is 7.05 Å². The first-order valence-corrected chi connectivity index (χ1v) is 6.35. The number of aromatic nitrogens is 1. The molecule has 0 amide bonds. The number of halogens is 1. The lowest BCUT2D eigenvalue weighted by Gasteiger charge is -2.16. The molecule has 90 valence electrons. The monoisotopic (exact) mass is 250 g/mol. The Balaban J connectivity index is 2.42. The van der Waals surface area contributed by atoms with E-state index in [-0.39, 0.29) is 11.9 Å². The second-order valence-electron chi connectivity index (χ2n) is 4.01. The normalized spacial score (nSPS) is 12.7. The summed E-state index contributed by atoms with van der Waals surface area (Å²) in [6, 6.07) is 4.89. The van der Waals surface area contributed by atoms with E-state index in [1.807, 2.05) is 32.3 Å². The first-order valence-electron chi connectivity index (χ1n) is 5.47. The smallest absolute Gasteiger partial charge is 0.123 e. The quantitative estimate of drug-likeness (QED) is 0.904. The molecule has 0 fully saturated rings. The number of aryl methyl sites for hydroxylation is 2. The number of benzene rings is 1. The molecule has 0 bridgehead atoms. The van der Waals surface area contributed by atoms with Crippen LogP contribution in [0.25, 0.3) is 0 Å². The molecule has 1 aromatic carbocycles. The van der Waals surface area contributed by atoms with Crippen molar-refractivity contribution in [3.8, 4) is 0 Å². The van der Waals surface area contributed by atoms with Gasteiger partial charge in [0, 0.05) is 5.38 Å². The summed E-state index contributed by atoms with van der Waals surface area (Å²) in [4.78, 5) is 4.48. The van der Waals surface area contributed by atoms with Crippen molar-refractivity contribution in [3.05, 3.63) is 51.2 Å². The van der Waals surface area contributed by atoms with Gasteiger partial charge in [-0.15, -0.1) is 11.3 Å². The van der Waals surface area contributed by atoms with Gasteiger partial charge in [-0.2, -0.15) is 0 Å². The third-order valence-electron chi connectivity index (χ3n) is 2.76. The van der Waals surface area contributed by atoms with Gasteiger partial charge in [-0.05, 0) is 44.2 Å². The van der Waals surface area contributed by atoms with E-state index in [2.05, 4.69) is 10.3 Å². The summed E-state index contributed by atoms with van der Waals surface area (Å²) in [6.07, 6.45) is 0. The molecule has 0 saturated heterocycles. The van der Waals surface area contributed by atoms with Gasteiger partial charge in [0.25, 0.3) is 0 Å². The Morgan fingerprint density at radius 2 is 2.12 bits per heavy atom. The largest absolute Gasteiger partial charge is 0.308 e. The minimum Gasteiger partial charge on any atom is -0.308 e. The van der Waals surface area contributed by atoms with Crippen LogP contribution in [-0.2, 0) is 0 Å². The second-order valence-corrected chi connectivity index (χ2v) is 5.08. The van der Waals surface area contributed by atoms with E-state index in [1.54, 1.807) is 17.4 Å². The van der Waals surface area contributed by atoms with Crippen molar-refractivity contribution < 1.29 is 4.39 Å². The summed E-state index contributed by atoms with van der Waals surface area (Å²) in [5.74, 6) is -0.199. The van der Waals surface area contributed by atoms with Crippen LogP contribution in [0.2, 0.25) is 0 Å². The van der Waals surface area contributed by atoms with Crippen LogP contribution in [0.3, 0.4) is 0 Å². The number of nitrogens with zero attached hydrogens (tertiary/aromatic N) is 1. The third-order valence-corrected chi connectivity index (χ3v) is 3.56. The van der Waals surface area contributed by atoms with Gasteiger partial charge in [0.15, 0.2) is 0 Å². The molecule has 2 rings (SSSR count). The van der Waals surface area contributed by atoms with Gasteiger partial charge < -0.3 is 5.32 Å². The summed E-state index contributed by atoms with van der Waals surface area (Å²) in [6.45, 7) is 3.90. The van der Waals surface area contributed by atoms with Crippen molar-refractivity contribution in [2.45, 2.75) is 19.9 Å². The van der Waals surface area contributed by atoms with Gasteiger partial charge >= 0.3 is 0 Å². The molecule has 0 radical (unpaired) electrons. The fraction of sp³-hybridized carbons (Fsp3) is 0.308.